The minimum Gasteiger partial charge on any atom is -0.480 e. The molecule has 0 fully saturated rings. The Bertz CT molecular complexity index is 155. The minimum atomic E-state index is -0.815. The van der Waals surface area contributed by atoms with Crippen molar-refractivity contribution in [1.29, 1.82) is 0 Å². The Balaban J connectivity index is 3.69. The van der Waals surface area contributed by atoms with Crippen LogP contribution in [0.15, 0.2) is 0 Å². The third kappa shape index (κ3) is 4.31. The second kappa shape index (κ2) is 4.42. The Hall–Kier alpha value is -0.610. The van der Waals surface area contributed by atoms with Crippen LogP contribution in [0.4, 0.5) is 0 Å². The molecule has 0 heterocycles. The van der Waals surface area contributed by atoms with Crippen molar-refractivity contribution in [2.45, 2.75) is 19.4 Å². The van der Waals surface area contributed by atoms with E-state index in [2.05, 4.69) is 24.1 Å². The normalized spacial score (nSPS) is 12.1. The Kier molecular flexibility index (Phi) is 4.20. The molecule has 4 heteroatoms. The van der Waals surface area contributed by atoms with E-state index < -0.39 is 5.97 Å². The number of likely N-dealkylation sites (N-methyl/N-ethyl adjacent to an activating group) is 1. The maximum absolute atomic E-state index is 10.2. The predicted molar refractivity (Wildman–Crippen MR) is 48.3 cm³/mol. The first-order valence-electron chi connectivity index (χ1n) is 3.96. The Labute approximate surface area is 73.6 Å². The number of hydrogen-bond donors (Lipinski definition) is 2. The van der Waals surface area contributed by atoms with Gasteiger partial charge in [0.05, 0.1) is 6.54 Å². The van der Waals surface area contributed by atoms with Gasteiger partial charge in [0.15, 0.2) is 0 Å². The van der Waals surface area contributed by atoms with Crippen LogP contribution in [0.1, 0.15) is 13.8 Å². The molecule has 0 aromatic carbocycles. The van der Waals surface area contributed by atoms with Gasteiger partial charge in [0.1, 0.15) is 0 Å². The summed E-state index contributed by atoms with van der Waals surface area (Å²) in [7, 11) is 3.95. The van der Waals surface area contributed by atoms with Crippen LogP contribution in [-0.4, -0.2) is 48.7 Å². The van der Waals surface area contributed by atoms with Crippen molar-refractivity contribution in [1.82, 2.24) is 10.2 Å². The van der Waals surface area contributed by atoms with Gasteiger partial charge in [0.25, 0.3) is 0 Å². The zero-order chi connectivity index (χ0) is 9.78. The SMILES string of the molecule is CN(C)C(C)(C)CNCC(=O)O. The topological polar surface area (TPSA) is 52.6 Å². The van der Waals surface area contributed by atoms with E-state index in [1.54, 1.807) is 0 Å². The van der Waals surface area contributed by atoms with E-state index >= 15 is 0 Å². The summed E-state index contributed by atoms with van der Waals surface area (Å²) in [6, 6.07) is 0. The molecule has 4 nitrogen and oxygen atoms in total. The molecule has 0 aromatic heterocycles. The van der Waals surface area contributed by atoms with Gasteiger partial charge in [0.2, 0.25) is 0 Å². The first-order chi connectivity index (χ1) is 5.36. The van der Waals surface area contributed by atoms with Gasteiger partial charge in [-0.05, 0) is 27.9 Å². The van der Waals surface area contributed by atoms with Crippen LogP contribution < -0.4 is 5.32 Å². The zero-order valence-corrected chi connectivity index (χ0v) is 8.22. The van der Waals surface area contributed by atoms with Crippen LogP contribution in [0, 0.1) is 0 Å². The average molecular weight is 174 g/mol. The molecule has 0 aliphatic rings. The lowest BCUT2D eigenvalue weighted by Gasteiger charge is -2.32. The van der Waals surface area contributed by atoms with Gasteiger partial charge in [-0.25, -0.2) is 0 Å². The summed E-state index contributed by atoms with van der Waals surface area (Å²) in [4.78, 5) is 12.2. The lowest BCUT2D eigenvalue weighted by molar-refractivity contribution is -0.136. The van der Waals surface area contributed by atoms with Crippen molar-refractivity contribution < 1.29 is 9.90 Å². The summed E-state index contributed by atoms with van der Waals surface area (Å²) in [5.41, 5.74) is -0.00451. The van der Waals surface area contributed by atoms with Crippen LogP contribution in [0.2, 0.25) is 0 Å². The molecule has 0 atom stereocenters. The van der Waals surface area contributed by atoms with Gasteiger partial charge in [-0.15, -0.1) is 0 Å². The standard InChI is InChI=1S/C8H18N2O2/c1-8(2,10(3)4)6-9-5-7(11)12/h9H,5-6H2,1-4H3,(H,11,12). The van der Waals surface area contributed by atoms with Crippen molar-refractivity contribution in [3.8, 4) is 0 Å². The number of carboxylic acid groups (broad SMARTS) is 1. The summed E-state index contributed by atoms with van der Waals surface area (Å²) in [5, 5.41) is 11.2. The maximum Gasteiger partial charge on any atom is 0.317 e. The summed E-state index contributed by atoms with van der Waals surface area (Å²) >= 11 is 0. The second-order valence-electron chi connectivity index (χ2n) is 3.70. The summed E-state index contributed by atoms with van der Waals surface area (Å²) in [6.07, 6.45) is 0. The molecule has 0 aliphatic heterocycles. The Morgan fingerprint density at radius 3 is 2.33 bits per heavy atom. The third-order valence-electron chi connectivity index (χ3n) is 2.04. The van der Waals surface area contributed by atoms with E-state index in [1.165, 1.54) is 0 Å². The van der Waals surface area contributed by atoms with Crippen molar-refractivity contribution in [3.63, 3.8) is 0 Å². The lowest BCUT2D eigenvalue weighted by Crippen LogP contribution is -2.47. The van der Waals surface area contributed by atoms with Gasteiger partial charge >= 0.3 is 5.97 Å². The van der Waals surface area contributed by atoms with Gasteiger partial charge in [-0.1, -0.05) is 0 Å². The maximum atomic E-state index is 10.2. The van der Waals surface area contributed by atoms with Crippen LogP contribution in [0.3, 0.4) is 0 Å². The fraction of sp³-hybridized carbons (Fsp3) is 0.875. The highest BCUT2D eigenvalue weighted by molar-refractivity contribution is 5.68. The monoisotopic (exact) mass is 174 g/mol. The molecule has 0 rings (SSSR count). The minimum absolute atomic E-state index is 0.00451. The highest BCUT2D eigenvalue weighted by Gasteiger charge is 2.19. The quantitative estimate of drug-likeness (QED) is 0.616. The molecule has 12 heavy (non-hydrogen) atoms. The van der Waals surface area contributed by atoms with E-state index in [9.17, 15) is 4.79 Å². The van der Waals surface area contributed by atoms with E-state index in [1.807, 2.05) is 14.1 Å². The molecular weight excluding hydrogens is 156 g/mol. The molecule has 2 N–H and O–H groups in total. The molecule has 0 amide bonds. The largest absolute Gasteiger partial charge is 0.480 e. The molecule has 0 unspecified atom stereocenters. The van der Waals surface area contributed by atoms with Gasteiger partial charge in [-0.3, -0.25) is 4.79 Å². The summed E-state index contributed by atoms with van der Waals surface area (Å²) < 4.78 is 0. The third-order valence-corrected chi connectivity index (χ3v) is 2.04. The second-order valence-corrected chi connectivity index (χ2v) is 3.70. The first kappa shape index (κ1) is 11.4. The molecule has 0 spiro atoms. The number of hydrogen-bond acceptors (Lipinski definition) is 3. The molecular formula is C8H18N2O2. The van der Waals surface area contributed by atoms with Crippen LogP contribution in [0.25, 0.3) is 0 Å². The Morgan fingerprint density at radius 2 is 2.00 bits per heavy atom. The van der Waals surface area contributed by atoms with E-state index in [0.29, 0.717) is 6.54 Å². The fourth-order valence-corrected chi connectivity index (χ4v) is 0.633. The van der Waals surface area contributed by atoms with E-state index in [-0.39, 0.29) is 12.1 Å². The zero-order valence-electron chi connectivity index (χ0n) is 8.22. The van der Waals surface area contributed by atoms with Crippen LogP contribution in [-0.2, 0) is 4.79 Å². The van der Waals surface area contributed by atoms with Gasteiger partial charge in [0, 0.05) is 12.1 Å². The van der Waals surface area contributed by atoms with E-state index in [4.69, 9.17) is 5.11 Å². The summed E-state index contributed by atoms with van der Waals surface area (Å²) in [5.74, 6) is -0.815. The number of carboxylic acids is 1. The highest BCUT2D eigenvalue weighted by atomic mass is 16.4. The molecule has 72 valence electrons. The van der Waals surface area contributed by atoms with Crippen LogP contribution in [0.5, 0.6) is 0 Å². The fourth-order valence-electron chi connectivity index (χ4n) is 0.633. The number of carbonyl (C=O) groups is 1. The van der Waals surface area contributed by atoms with Crippen molar-refractivity contribution in [2.75, 3.05) is 27.2 Å². The van der Waals surface area contributed by atoms with Crippen molar-refractivity contribution >= 4 is 5.97 Å². The highest BCUT2D eigenvalue weighted by Crippen LogP contribution is 2.07. The van der Waals surface area contributed by atoms with Crippen molar-refractivity contribution in [3.05, 3.63) is 0 Å². The molecule has 0 saturated heterocycles. The molecule has 0 bridgehead atoms. The first-order valence-corrected chi connectivity index (χ1v) is 3.96. The number of rotatable bonds is 5. The average Bonchev–Trinajstić information content (AvgIpc) is 1.85. The molecule has 0 aromatic rings. The van der Waals surface area contributed by atoms with Gasteiger partial charge in [-0.2, -0.15) is 0 Å². The molecule has 0 radical (unpaired) electrons. The van der Waals surface area contributed by atoms with Gasteiger partial charge < -0.3 is 15.3 Å². The van der Waals surface area contributed by atoms with Crippen LogP contribution >= 0.6 is 0 Å². The molecule has 0 aliphatic carbocycles. The number of aliphatic carboxylic acids is 1. The smallest absolute Gasteiger partial charge is 0.317 e. The summed E-state index contributed by atoms with van der Waals surface area (Å²) in [6.45, 7) is 4.81. The lowest BCUT2D eigenvalue weighted by atomic mass is 10.0. The van der Waals surface area contributed by atoms with E-state index in [0.717, 1.165) is 0 Å². The van der Waals surface area contributed by atoms with Crippen molar-refractivity contribution in [2.24, 2.45) is 0 Å². The molecule has 0 saturated carbocycles. The number of nitrogens with one attached hydrogen (secondary N) is 1. The number of nitrogens with zero attached hydrogens (tertiary/aromatic N) is 1. The Morgan fingerprint density at radius 1 is 1.50 bits per heavy atom. The predicted octanol–water partition coefficient (Wildman–Crippen LogP) is 0.000800.